The Bertz CT molecular complexity index is 664. The van der Waals surface area contributed by atoms with Gasteiger partial charge in [-0.25, -0.2) is 0 Å². The van der Waals surface area contributed by atoms with Crippen molar-refractivity contribution in [3.05, 3.63) is 71.8 Å². The Kier molecular flexibility index (Phi) is 7.41. The molecule has 2 aromatic rings. The molecule has 27 heavy (non-hydrogen) atoms. The monoisotopic (exact) mass is 367 g/mol. The Morgan fingerprint density at radius 2 is 1.63 bits per heavy atom. The van der Waals surface area contributed by atoms with Crippen LogP contribution in [0.2, 0.25) is 0 Å². The first-order valence-electron chi connectivity index (χ1n) is 10.0. The van der Waals surface area contributed by atoms with Crippen molar-refractivity contribution in [1.29, 1.82) is 0 Å². The first-order chi connectivity index (χ1) is 13.1. The normalized spacial score (nSPS) is 20.1. The van der Waals surface area contributed by atoms with Gasteiger partial charge in [0.2, 0.25) is 0 Å². The fraction of sp³-hybridized carbons (Fsp3) is 0.478. The van der Waals surface area contributed by atoms with Crippen LogP contribution >= 0.6 is 0 Å². The van der Waals surface area contributed by atoms with Crippen LogP contribution in [-0.4, -0.2) is 71.7 Å². The third-order valence-corrected chi connectivity index (χ3v) is 5.36. The van der Waals surface area contributed by atoms with Gasteiger partial charge in [0.05, 0.1) is 6.10 Å². The molecule has 4 heteroatoms. The minimum atomic E-state index is -0.318. The van der Waals surface area contributed by atoms with E-state index in [1.807, 2.05) is 6.07 Å². The maximum Gasteiger partial charge on any atom is 0.0793 e. The number of piperazine rings is 1. The van der Waals surface area contributed by atoms with E-state index in [4.69, 9.17) is 0 Å². The van der Waals surface area contributed by atoms with Crippen molar-refractivity contribution in [2.75, 3.05) is 39.8 Å². The smallest absolute Gasteiger partial charge is 0.0793 e. The average molecular weight is 368 g/mol. The quantitative estimate of drug-likeness (QED) is 0.777. The summed E-state index contributed by atoms with van der Waals surface area (Å²) in [6.07, 6.45) is -0.318. The van der Waals surface area contributed by atoms with Crippen molar-refractivity contribution in [2.24, 2.45) is 0 Å². The van der Waals surface area contributed by atoms with Crippen molar-refractivity contribution in [3.63, 3.8) is 0 Å². The van der Waals surface area contributed by atoms with Crippen molar-refractivity contribution >= 4 is 0 Å². The van der Waals surface area contributed by atoms with Gasteiger partial charge < -0.3 is 5.11 Å². The molecule has 1 saturated heterocycles. The molecule has 0 aromatic heterocycles. The van der Waals surface area contributed by atoms with Gasteiger partial charge in [-0.3, -0.25) is 14.7 Å². The molecule has 0 spiro atoms. The predicted molar refractivity (Wildman–Crippen MR) is 112 cm³/mol. The van der Waals surface area contributed by atoms with E-state index in [0.717, 1.165) is 39.3 Å². The van der Waals surface area contributed by atoms with E-state index in [9.17, 15) is 5.11 Å². The molecule has 1 aliphatic rings. The highest BCUT2D eigenvalue weighted by molar-refractivity contribution is 5.15. The fourth-order valence-electron chi connectivity index (χ4n) is 3.97. The van der Waals surface area contributed by atoms with Gasteiger partial charge in [-0.2, -0.15) is 0 Å². The number of likely N-dealkylation sites (N-methyl/N-ethyl adjacent to an activating group) is 1. The minimum absolute atomic E-state index is 0.318. The van der Waals surface area contributed by atoms with Gasteiger partial charge in [0.1, 0.15) is 0 Å². The maximum absolute atomic E-state index is 10.6. The molecule has 0 aliphatic carbocycles. The molecule has 0 radical (unpaired) electrons. The SMILES string of the molecule is C[C@@H]1CN(Cc2ccccc2)CCN1CC(O)CN(C)Cc1ccccc1. The van der Waals surface area contributed by atoms with Gasteiger partial charge in [-0.15, -0.1) is 0 Å². The van der Waals surface area contributed by atoms with Crippen LogP contribution in [0, 0.1) is 0 Å². The van der Waals surface area contributed by atoms with Gasteiger partial charge >= 0.3 is 0 Å². The van der Waals surface area contributed by atoms with Crippen LogP contribution in [0.15, 0.2) is 60.7 Å². The van der Waals surface area contributed by atoms with Gasteiger partial charge in [0.25, 0.3) is 0 Å². The summed E-state index contributed by atoms with van der Waals surface area (Å²) in [5.41, 5.74) is 2.66. The molecule has 146 valence electrons. The number of hydrogen-bond acceptors (Lipinski definition) is 4. The van der Waals surface area contributed by atoms with E-state index in [2.05, 4.69) is 83.3 Å². The zero-order valence-electron chi connectivity index (χ0n) is 16.7. The highest BCUT2D eigenvalue weighted by Crippen LogP contribution is 2.14. The number of aliphatic hydroxyl groups excluding tert-OH is 1. The van der Waals surface area contributed by atoms with Crippen molar-refractivity contribution in [3.8, 4) is 0 Å². The molecule has 1 heterocycles. The third-order valence-electron chi connectivity index (χ3n) is 5.36. The number of benzene rings is 2. The standard InChI is InChI=1S/C23H33N3O/c1-20-15-25(17-22-11-7-4-8-12-22)13-14-26(20)19-23(27)18-24(2)16-21-9-5-3-6-10-21/h3-12,20,23,27H,13-19H2,1-2H3/t20-,23?/m1/s1. The van der Waals surface area contributed by atoms with Gasteiger partial charge in [-0.05, 0) is 25.1 Å². The van der Waals surface area contributed by atoms with E-state index in [1.165, 1.54) is 11.1 Å². The van der Waals surface area contributed by atoms with Crippen LogP contribution < -0.4 is 0 Å². The molecule has 0 bridgehead atoms. The van der Waals surface area contributed by atoms with Crippen LogP contribution in [0.5, 0.6) is 0 Å². The molecular formula is C23H33N3O. The molecule has 1 aliphatic heterocycles. The number of aliphatic hydroxyl groups is 1. The summed E-state index contributed by atoms with van der Waals surface area (Å²) in [6.45, 7) is 8.75. The molecule has 2 aromatic carbocycles. The molecule has 0 saturated carbocycles. The summed E-state index contributed by atoms with van der Waals surface area (Å²) in [7, 11) is 2.08. The third kappa shape index (κ3) is 6.43. The Morgan fingerprint density at radius 1 is 1.00 bits per heavy atom. The molecule has 1 N–H and O–H groups in total. The number of β-amino-alcohol motifs (C(OH)–C–C–N with tert-alkyl or cyclic N) is 1. The van der Waals surface area contributed by atoms with Crippen molar-refractivity contribution < 1.29 is 5.11 Å². The highest BCUT2D eigenvalue weighted by atomic mass is 16.3. The fourth-order valence-corrected chi connectivity index (χ4v) is 3.97. The summed E-state index contributed by atoms with van der Waals surface area (Å²) in [5.74, 6) is 0. The van der Waals surface area contributed by atoms with E-state index in [-0.39, 0.29) is 6.10 Å². The van der Waals surface area contributed by atoms with E-state index in [1.54, 1.807) is 0 Å². The Balaban J connectivity index is 1.41. The molecule has 1 fully saturated rings. The molecule has 1 unspecified atom stereocenters. The van der Waals surface area contributed by atoms with Crippen LogP contribution in [0.3, 0.4) is 0 Å². The second-order valence-electron chi connectivity index (χ2n) is 7.90. The van der Waals surface area contributed by atoms with Gasteiger partial charge in [0, 0.05) is 51.9 Å². The lowest BCUT2D eigenvalue weighted by Gasteiger charge is -2.41. The molecule has 2 atom stereocenters. The van der Waals surface area contributed by atoms with Crippen LogP contribution in [0.25, 0.3) is 0 Å². The van der Waals surface area contributed by atoms with Crippen molar-refractivity contribution in [2.45, 2.75) is 32.2 Å². The van der Waals surface area contributed by atoms with Gasteiger partial charge in [0.15, 0.2) is 0 Å². The largest absolute Gasteiger partial charge is 0.390 e. The number of hydrogen-bond donors (Lipinski definition) is 1. The summed E-state index contributed by atoms with van der Waals surface area (Å²) < 4.78 is 0. The summed E-state index contributed by atoms with van der Waals surface area (Å²) >= 11 is 0. The lowest BCUT2D eigenvalue weighted by Crippen LogP contribution is -2.54. The Morgan fingerprint density at radius 3 is 2.26 bits per heavy atom. The number of rotatable bonds is 8. The van der Waals surface area contributed by atoms with Crippen LogP contribution in [-0.2, 0) is 13.1 Å². The average Bonchev–Trinajstić information content (AvgIpc) is 2.65. The molecule has 3 rings (SSSR count). The topological polar surface area (TPSA) is 30.0 Å². The number of nitrogens with zero attached hydrogens (tertiary/aromatic N) is 3. The summed E-state index contributed by atoms with van der Waals surface area (Å²) in [6, 6.07) is 21.6. The van der Waals surface area contributed by atoms with E-state index < -0.39 is 0 Å². The summed E-state index contributed by atoms with van der Waals surface area (Å²) in [4.78, 5) is 7.16. The second kappa shape index (κ2) is 10.00. The Hall–Kier alpha value is -1.72. The van der Waals surface area contributed by atoms with E-state index >= 15 is 0 Å². The second-order valence-corrected chi connectivity index (χ2v) is 7.90. The van der Waals surface area contributed by atoms with Crippen LogP contribution in [0.4, 0.5) is 0 Å². The molecule has 0 amide bonds. The van der Waals surface area contributed by atoms with E-state index in [0.29, 0.717) is 12.6 Å². The Labute approximate surface area is 164 Å². The maximum atomic E-state index is 10.6. The minimum Gasteiger partial charge on any atom is -0.390 e. The predicted octanol–water partition coefficient (Wildman–Crippen LogP) is 2.69. The molecule has 4 nitrogen and oxygen atoms in total. The first-order valence-corrected chi connectivity index (χ1v) is 10.0. The first kappa shape index (κ1) is 20.0. The highest BCUT2D eigenvalue weighted by Gasteiger charge is 2.25. The summed E-state index contributed by atoms with van der Waals surface area (Å²) in [5, 5.41) is 10.6. The molecular weight excluding hydrogens is 334 g/mol. The zero-order chi connectivity index (χ0) is 19.1. The van der Waals surface area contributed by atoms with Crippen LogP contribution in [0.1, 0.15) is 18.1 Å². The lowest BCUT2D eigenvalue weighted by molar-refractivity contribution is 0.0252. The van der Waals surface area contributed by atoms with Crippen molar-refractivity contribution in [1.82, 2.24) is 14.7 Å². The van der Waals surface area contributed by atoms with Gasteiger partial charge in [-0.1, -0.05) is 60.7 Å². The lowest BCUT2D eigenvalue weighted by atomic mass is 10.1. The zero-order valence-corrected chi connectivity index (χ0v) is 16.7.